The van der Waals surface area contributed by atoms with Gasteiger partial charge < -0.3 is 9.64 Å². The van der Waals surface area contributed by atoms with Crippen LogP contribution in [0.2, 0.25) is 0 Å². The summed E-state index contributed by atoms with van der Waals surface area (Å²) in [6.45, 7) is 3.74. The maximum absolute atomic E-state index is 12.4. The molecular weight excluding hydrogens is 412 g/mol. The van der Waals surface area contributed by atoms with E-state index >= 15 is 0 Å². The van der Waals surface area contributed by atoms with Crippen molar-refractivity contribution in [2.45, 2.75) is 38.8 Å². The van der Waals surface area contributed by atoms with Gasteiger partial charge in [0.1, 0.15) is 11.6 Å². The number of aromatic nitrogens is 2. The first-order valence-corrected chi connectivity index (χ1v) is 11.5. The van der Waals surface area contributed by atoms with Crippen LogP contribution in [0.4, 0.5) is 0 Å². The van der Waals surface area contributed by atoms with Crippen LogP contribution in [0.5, 0.6) is 5.75 Å². The van der Waals surface area contributed by atoms with E-state index in [1.54, 1.807) is 32.3 Å². The van der Waals surface area contributed by atoms with E-state index in [-0.39, 0.29) is 11.9 Å². The maximum atomic E-state index is 12.4. The molecule has 0 spiro atoms. The standard InChI is InChI=1S/C27H32N4O2/c1-19-24(27(32)30(2)3)17-28-26(29-19)25-13-5-6-14-31(25)18-20-9-7-10-21(15-20)22-11-8-12-23(16-22)33-4/h7-12,15-17,25H,5-6,13-14,18H2,1-4H3. The number of rotatable bonds is 6. The summed E-state index contributed by atoms with van der Waals surface area (Å²) in [6, 6.07) is 17.0. The van der Waals surface area contributed by atoms with Crippen molar-refractivity contribution in [2.75, 3.05) is 27.7 Å². The van der Waals surface area contributed by atoms with E-state index in [4.69, 9.17) is 9.72 Å². The van der Waals surface area contributed by atoms with Crippen molar-refractivity contribution in [1.29, 1.82) is 0 Å². The first-order valence-electron chi connectivity index (χ1n) is 11.5. The van der Waals surface area contributed by atoms with Gasteiger partial charge in [0.15, 0.2) is 0 Å². The number of nitrogens with zero attached hydrogens (tertiary/aromatic N) is 4. The molecule has 1 saturated heterocycles. The Morgan fingerprint density at radius 3 is 2.61 bits per heavy atom. The normalized spacial score (nSPS) is 16.4. The molecule has 1 fully saturated rings. The second kappa shape index (κ2) is 10.1. The van der Waals surface area contributed by atoms with Gasteiger partial charge in [-0.05, 0) is 61.2 Å². The van der Waals surface area contributed by atoms with E-state index in [1.807, 2.05) is 19.1 Å². The van der Waals surface area contributed by atoms with Gasteiger partial charge in [-0.15, -0.1) is 0 Å². The molecule has 1 aliphatic rings. The van der Waals surface area contributed by atoms with Crippen LogP contribution in [-0.4, -0.2) is 53.4 Å². The average Bonchev–Trinajstić information content (AvgIpc) is 2.84. The summed E-state index contributed by atoms with van der Waals surface area (Å²) in [5.41, 5.74) is 4.89. The SMILES string of the molecule is COc1cccc(-c2cccc(CN3CCCCC3c3ncc(C(=O)N(C)C)c(C)n3)c2)c1. The lowest BCUT2D eigenvalue weighted by Crippen LogP contribution is -2.34. The molecule has 0 aliphatic carbocycles. The lowest BCUT2D eigenvalue weighted by atomic mass is 9.98. The number of likely N-dealkylation sites (tertiary alicyclic amines) is 1. The van der Waals surface area contributed by atoms with Crippen molar-refractivity contribution in [1.82, 2.24) is 19.8 Å². The molecule has 33 heavy (non-hydrogen) atoms. The van der Waals surface area contributed by atoms with Crippen LogP contribution in [-0.2, 0) is 6.54 Å². The molecule has 6 nitrogen and oxygen atoms in total. The summed E-state index contributed by atoms with van der Waals surface area (Å²) in [6.07, 6.45) is 5.04. The van der Waals surface area contributed by atoms with Crippen LogP contribution in [0, 0.1) is 6.92 Å². The highest BCUT2D eigenvalue weighted by atomic mass is 16.5. The molecule has 0 radical (unpaired) electrons. The zero-order chi connectivity index (χ0) is 23.4. The fourth-order valence-electron chi connectivity index (χ4n) is 4.46. The van der Waals surface area contributed by atoms with Crippen molar-refractivity contribution in [3.05, 3.63) is 77.4 Å². The molecule has 2 heterocycles. The van der Waals surface area contributed by atoms with Gasteiger partial charge in [0, 0.05) is 26.8 Å². The molecule has 0 N–H and O–H groups in total. The minimum Gasteiger partial charge on any atom is -0.497 e. The Hall–Kier alpha value is -3.25. The van der Waals surface area contributed by atoms with Crippen molar-refractivity contribution in [2.24, 2.45) is 0 Å². The molecule has 3 aromatic rings. The van der Waals surface area contributed by atoms with Crippen LogP contribution in [0.1, 0.15) is 52.7 Å². The molecule has 172 valence electrons. The zero-order valence-electron chi connectivity index (χ0n) is 19.9. The van der Waals surface area contributed by atoms with Gasteiger partial charge in [-0.1, -0.05) is 36.8 Å². The second-order valence-electron chi connectivity index (χ2n) is 8.84. The smallest absolute Gasteiger partial charge is 0.256 e. The van der Waals surface area contributed by atoms with Crippen molar-refractivity contribution in [3.63, 3.8) is 0 Å². The quantitative estimate of drug-likeness (QED) is 0.542. The lowest BCUT2D eigenvalue weighted by Gasteiger charge is -2.35. The van der Waals surface area contributed by atoms with Gasteiger partial charge in [0.2, 0.25) is 0 Å². The van der Waals surface area contributed by atoms with Gasteiger partial charge in [-0.3, -0.25) is 9.69 Å². The number of ether oxygens (including phenoxy) is 1. The summed E-state index contributed by atoms with van der Waals surface area (Å²) >= 11 is 0. The number of hydrogen-bond donors (Lipinski definition) is 0. The largest absolute Gasteiger partial charge is 0.497 e. The van der Waals surface area contributed by atoms with Crippen LogP contribution >= 0.6 is 0 Å². The minimum absolute atomic E-state index is 0.0612. The van der Waals surface area contributed by atoms with Gasteiger partial charge >= 0.3 is 0 Å². The second-order valence-corrected chi connectivity index (χ2v) is 8.84. The van der Waals surface area contributed by atoms with Crippen LogP contribution < -0.4 is 4.74 Å². The summed E-state index contributed by atoms with van der Waals surface area (Å²) in [7, 11) is 5.19. The molecule has 0 saturated carbocycles. The molecule has 0 bridgehead atoms. The first kappa shape index (κ1) is 22.9. The molecule has 1 aromatic heterocycles. The van der Waals surface area contributed by atoms with Crippen molar-refractivity contribution < 1.29 is 9.53 Å². The predicted molar refractivity (Wildman–Crippen MR) is 130 cm³/mol. The first-order chi connectivity index (χ1) is 16.0. The number of carbonyl (C=O) groups is 1. The number of aryl methyl sites for hydroxylation is 1. The summed E-state index contributed by atoms with van der Waals surface area (Å²) < 4.78 is 5.39. The summed E-state index contributed by atoms with van der Waals surface area (Å²) in [5, 5.41) is 0. The summed E-state index contributed by atoms with van der Waals surface area (Å²) in [5.74, 6) is 1.61. The Balaban J connectivity index is 1.56. The number of hydrogen-bond acceptors (Lipinski definition) is 5. The van der Waals surface area contributed by atoms with E-state index in [0.717, 1.165) is 48.8 Å². The van der Waals surface area contributed by atoms with Crippen LogP contribution in [0.15, 0.2) is 54.7 Å². The fourth-order valence-corrected chi connectivity index (χ4v) is 4.46. The average molecular weight is 445 g/mol. The Kier molecular flexibility index (Phi) is 7.04. The molecule has 1 unspecified atom stereocenters. The topological polar surface area (TPSA) is 58.6 Å². The third-order valence-electron chi connectivity index (χ3n) is 6.26. The molecule has 4 rings (SSSR count). The van der Waals surface area contributed by atoms with Crippen LogP contribution in [0.25, 0.3) is 11.1 Å². The van der Waals surface area contributed by atoms with E-state index < -0.39 is 0 Å². The Bertz CT molecular complexity index is 1130. The third-order valence-corrected chi connectivity index (χ3v) is 6.26. The number of piperidine rings is 1. The third kappa shape index (κ3) is 5.22. The van der Waals surface area contributed by atoms with Crippen LogP contribution in [0.3, 0.4) is 0 Å². The molecule has 1 atom stereocenters. The Morgan fingerprint density at radius 2 is 1.88 bits per heavy atom. The summed E-state index contributed by atoms with van der Waals surface area (Å²) in [4.78, 5) is 25.8. The number of benzene rings is 2. The van der Waals surface area contributed by atoms with Crippen molar-refractivity contribution >= 4 is 5.91 Å². The number of carbonyl (C=O) groups excluding carboxylic acids is 1. The van der Waals surface area contributed by atoms with E-state index in [1.165, 1.54) is 17.5 Å². The highest BCUT2D eigenvalue weighted by molar-refractivity contribution is 5.94. The molecule has 2 aromatic carbocycles. The van der Waals surface area contributed by atoms with Gasteiger partial charge in [-0.25, -0.2) is 9.97 Å². The molecule has 1 aliphatic heterocycles. The van der Waals surface area contributed by atoms with Gasteiger partial charge in [0.25, 0.3) is 5.91 Å². The Morgan fingerprint density at radius 1 is 1.12 bits per heavy atom. The highest BCUT2D eigenvalue weighted by Gasteiger charge is 2.27. The molecule has 1 amide bonds. The zero-order valence-corrected chi connectivity index (χ0v) is 19.9. The molecule has 6 heteroatoms. The monoisotopic (exact) mass is 444 g/mol. The van der Waals surface area contributed by atoms with Gasteiger partial charge in [0.05, 0.1) is 24.4 Å². The van der Waals surface area contributed by atoms with E-state index in [9.17, 15) is 4.79 Å². The van der Waals surface area contributed by atoms with E-state index in [0.29, 0.717) is 5.56 Å². The van der Waals surface area contributed by atoms with E-state index in [2.05, 4.69) is 46.3 Å². The fraction of sp³-hybridized carbons (Fsp3) is 0.370. The molecular formula is C27H32N4O2. The highest BCUT2D eigenvalue weighted by Crippen LogP contribution is 2.32. The Labute approximate surface area is 196 Å². The number of amides is 1. The predicted octanol–water partition coefficient (Wildman–Crippen LogP) is 4.89. The van der Waals surface area contributed by atoms with Crippen molar-refractivity contribution in [3.8, 4) is 16.9 Å². The lowest BCUT2D eigenvalue weighted by molar-refractivity contribution is 0.0825. The van der Waals surface area contributed by atoms with Gasteiger partial charge in [-0.2, -0.15) is 0 Å². The number of methoxy groups -OCH3 is 1. The maximum Gasteiger partial charge on any atom is 0.256 e. The minimum atomic E-state index is -0.0612.